The predicted octanol–water partition coefficient (Wildman–Crippen LogP) is 0.694. The van der Waals surface area contributed by atoms with Gasteiger partial charge in [-0.2, -0.15) is 5.26 Å². The molecule has 0 aromatic heterocycles. The lowest BCUT2D eigenvalue weighted by Gasteiger charge is -2.30. The highest BCUT2D eigenvalue weighted by atomic mass is 32.2. The van der Waals surface area contributed by atoms with E-state index in [0.29, 0.717) is 13.0 Å². The van der Waals surface area contributed by atoms with Crippen molar-refractivity contribution in [2.75, 3.05) is 25.4 Å². The molecule has 0 atom stereocenters. The van der Waals surface area contributed by atoms with E-state index in [4.69, 9.17) is 5.26 Å². The van der Waals surface area contributed by atoms with Gasteiger partial charge in [-0.05, 0) is 19.3 Å². The first-order valence-corrected chi connectivity index (χ1v) is 7.82. The van der Waals surface area contributed by atoms with E-state index in [1.54, 1.807) is 0 Å². The Morgan fingerprint density at radius 3 is 2.59 bits per heavy atom. The molecule has 1 rings (SSSR count). The van der Waals surface area contributed by atoms with Gasteiger partial charge in [-0.25, -0.2) is 13.1 Å². The topological polar surface area (TPSA) is 73.2 Å². The van der Waals surface area contributed by atoms with Crippen LogP contribution in [-0.4, -0.2) is 44.7 Å². The van der Waals surface area contributed by atoms with Crippen LogP contribution in [0.2, 0.25) is 0 Å². The monoisotopic (exact) mass is 259 g/mol. The molecule has 0 aliphatic carbocycles. The fraction of sp³-hybridized carbons (Fsp3) is 0.909. The summed E-state index contributed by atoms with van der Waals surface area (Å²) in [5, 5.41) is 8.56. The summed E-state index contributed by atoms with van der Waals surface area (Å²) in [5.74, 6) is 0.224. The van der Waals surface area contributed by atoms with Gasteiger partial charge in [0, 0.05) is 19.1 Å². The van der Waals surface area contributed by atoms with Crippen molar-refractivity contribution in [1.82, 2.24) is 9.62 Å². The molecule has 1 fully saturated rings. The van der Waals surface area contributed by atoms with E-state index in [2.05, 4.69) is 15.7 Å². The first-order chi connectivity index (χ1) is 8.07. The molecule has 6 heteroatoms. The van der Waals surface area contributed by atoms with Crippen LogP contribution in [-0.2, 0) is 10.0 Å². The Labute approximate surface area is 104 Å². The van der Waals surface area contributed by atoms with Gasteiger partial charge >= 0.3 is 0 Å². The summed E-state index contributed by atoms with van der Waals surface area (Å²) < 4.78 is 26.1. The zero-order valence-corrected chi connectivity index (χ0v) is 11.2. The number of unbranched alkanes of at least 4 members (excludes halogenated alkanes) is 1. The second kappa shape index (κ2) is 6.94. The number of nitrogens with one attached hydrogen (secondary N) is 1. The molecule has 98 valence electrons. The molecule has 0 aromatic carbocycles. The second-order valence-electron chi connectivity index (χ2n) is 4.50. The average molecular weight is 259 g/mol. The molecule has 0 spiro atoms. The summed E-state index contributed by atoms with van der Waals surface area (Å²) in [6.45, 7) is 4.02. The Bertz CT molecular complexity index is 353. The lowest BCUT2D eigenvalue weighted by molar-refractivity contribution is 0.229. The second-order valence-corrected chi connectivity index (χ2v) is 6.37. The molecule has 1 N–H and O–H groups in total. The van der Waals surface area contributed by atoms with Crippen LogP contribution in [0.5, 0.6) is 0 Å². The van der Waals surface area contributed by atoms with Crippen molar-refractivity contribution >= 4 is 10.0 Å². The SMILES string of the molecule is CCCCS(=O)(=O)NC1CCN(CC#N)CC1. The number of piperidine rings is 1. The van der Waals surface area contributed by atoms with E-state index in [1.165, 1.54) is 0 Å². The summed E-state index contributed by atoms with van der Waals surface area (Å²) >= 11 is 0. The summed E-state index contributed by atoms with van der Waals surface area (Å²) in [7, 11) is -3.11. The van der Waals surface area contributed by atoms with Crippen LogP contribution >= 0.6 is 0 Å². The third-order valence-electron chi connectivity index (χ3n) is 2.99. The van der Waals surface area contributed by atoms with E-state index in [1.807, 2.05) is 6.92 Å². The maximum Gasteiger partial charge on any atom is 0.211 e. The summed E-state index contributed by atoms with van der Waals surface area (Å²) in [6.07, 6.45) is 3.20. The Morgan fingerprint density at radius 2 is 2.06 bits per heavy atom. The van der Waals surface area contributed by atoms with Gasteiger partial charge in [0.1, 0.15) is 0 Å². The number of sulfonamides is 1. The lowest BCUT2D eigenvalue weighted by atomic mass is 10.1. The van der Waals surface area contributed by atoms with Crippen LogP contribution in [0.1, 0.15) is 32.6 Å². The molecule has 1 heterocycles. The van der Waals surface area contributed by atoms with Crippen molar-refractivity contribution < 1.29 is 8.42 Å². The normalized spacial score (nSPS) is 19.1. The first kappa shape index (κ1) is 14.4. The summed E-state index contributed by atoms with van der Waals surface area (Å²) in [5.41, 5.74) is 0. The highest BCUT2D eigenvalue weighted by molar-refractivity contribution is 7.89. The molecule has 0 unspecified atom stereocenters. The maximum atomic E-state index is 11.7. The Morgan fingerprint density at radius 1 is 1.41 bits per heavy atom. The van der Waals surface area contributed by atoms with Crippen LogP contribution in [0, 0.1) is 11.3 Å². The number of rotatable bonds is 6. The van der Waals surface area contributed by atoms with E-state index < -0.39 is 10.0 Å². The Kier molecular flexibility index (Phi) is 5.89. The standard InChI is InChI=1S/C11H21N3O2S/c1-2-3-10-17(15,16)13-11-4-7-14(8-5-11)9-6-12/h11,13H,2-5,7-10H2,1H3. The van der Waals surface area contributed by atoms with Crippen molar-refractivity contribution in [2.45, 2.75) is 38.6 Å². The minimum atomic E-state index is -3.11. The van der Waals surface area contributed by atoms with Gasteiger partial charge in [0.15, 0.2) is 0 Å². The average Bonchev–Trinajstić information content (AvgIpc) is 2.29. The summed E-state index contributed by atoms with van der Waals surface area (Å²) in [6, 6.07) is 2.16. The summed E-state index contributed by atoms with van der Waals surface area (Å²) in [4.78, 5) is 2.05. The third kappa shape index (κ3) is 5.48. The van der Waals surface area contributed by atoms with Crippen LogP contribution in [0.25, 0.3) is 0 Å². The molecule has 1 aliphatic rings. The smallest absolute Gasteiger partial charge is 0.211 e. The van der Waals surface area contributed by atoms with Crippen LogP contribution in [0.15, 0.2) is 0 Å². The van der Waals surface area contributed by atoms with Gasteiger partial charge in [0.2, 0.25) is 10.0 Å². The lowest BCUT2D eigenvalue weighted by Crippen LogP contribution is -2.45. The van der Waals surface area contributed by atoms with E-state index >= 15 is 0 Å². The number of likely N-dealkylation sites (tertiary alicyclic amines) is 1. The molecule has 0 bridgehead atoms. The quantitative estimate of drug-likeness (QED) is 0.712. The number of hydrogen-bond donors (Lipinski definition) is 1. The van der Waals surface area contributed by atoms with Gasteiger partial charge in [-0.15, -0.1) is 0 Å². The van der Waals surface area contributed by atoms with E-state index in [-0.39, 0.29) is 11.8 Å². The maximum absolute atomic E-state index is 11.7. The Hall–Kier alpha value is -0.640. The third-order valence-corrected chi connectivity index (χ3v) is 4.51. The molecular weight excluding hydrogens is 238 g/mol. The van der Waals surface area contributed by atoms with Crippen molar-refractivity contribution in [3.8, 4) is 6.07 Å². The Balaban J connectivity index is 2.33. The minimum Gasteiger partial charge on any atom is -0.290 e. The number of hydrogen-bond acceptors (Lipinski definition) is 4. The van der Waals surface area contributed by atoms with Crippen molar-refractivity contribution in [2.24, 2.45) is 0 Å². The fourth-order valence-corrected chi connectivity index (χ4v) is 3.49. The van der Waals surface area contributed by atoms with Gasteiger partial charge in [-0.1, -0.05) is 13.3 Å². The predicted molar refractivity (Wildman–Crippen MR) is 66.9 cm³/mol. The van der Waals surface area contributed by atoms with Gasteiger partial charge in [0.25, 0.3) is 0 Å². The number of nitrogens with zero attached hydrogens (tertiary/aromatic N) is 2. The number of nitriles is 1. The zero-order valence-electron chi connectivity index (χ0n) is 10.4. The van der Waals surface area contributed by atoms with Crippen LogP contribution < -0.4 is 4.72 Å². The van der Waals surface area contributed by atoms with Crippen LogP contribution in [0.4, 0.5) is 0 Å². The zero-order chi connectivity index (χ0) is 12.7. The molecular formula is C11H21N3O2S. The van der Waals surface area contributed by atoms with Gasteiger partial charge < -0.3 is 0 Å². The highest BCUT2D eigenvalue weighted by Crippen LogP contribution is 2.11. The van der Waals surface area contributed by atoms with Crippen molar-refractivity contribution in [3.05, 3.63) is 0 Å². The van der Waals surface area contributed by atoms with Crippen LogP contribution in [0.3, 0.4) is 0 Å². The fourth-order valence-electron chi connectivity index (χ4n) is 1.96. The van der Waals surface area contributed by atoms with Gasteiger partial charge in [0.05, 0.1) is 18.4 Å². The first-order valence-electron chi connectivity index (χ1n) is 6.16. The molecule has 0 amide bonds. The minimum absolute atomic E-state index is 0.0480. The molecule has 0 aromatic rings. The van der Waals surface area contributed by atoms with Crippen molar-refractivity contribution in [1.29, 1.82) is 5.26 Å². The molecule has 0 saturated carbocycles. The van der Waals surface area contributed by atoms with Crippen molar-refractivity contribution in [3.63, 3.8) is 0 Å². The molecule has 0 radical (unpaired) electrons. The molecule has 5 nitrogen and oxygen atoms in total. The largest absolute Gasteiger partial charge is 0.290 e. The highest BCUT2D eigenvalue weighted by Gasteiger charge is 2.22. The van der Waals surface area contributed by atoms with E-state index in [9.17, 15) is 8.42 Å². The van der Waals surface area contributed by atoms with Gasteiger partial charge in [-0.3, -0.25) is 4.90 Å². The molecule has 1 saturated heterocycles. The van der Waals surface area contributed by atoms with E-state index in [0.717, 1.165) is 32.4 Å². The molecule has 1 aliphatic heterocycles. The molecule has 17 heavy (non-hydrogen) atoms.